The topological polar surface area (TPSA) is 18.5 Å². The van der Waals surface area contributed by atoms with E-state index in [1.54, 1.807) is 10.7 Å². The van der Waals surface area contributed by atoms with Gasteiger partial charge in [-0.25, -0.2) is 0 Å². The Kier molecular flexibility index (Phi) is 12.3. The van der Waals surface area contributed by atoms with Crippen LogP contribution in [0.3, 0.4) is 0 Å². The molecule has 0 aromatic heterocycles. The minimum atomic E-state index is -1.99. The van der Waals surface area contributed by atoms with E-state index in [0.29, 0.717) is 12.5 Å². The third kappa shape index (κ3) is 9.18. The number of nitrogens with zero attached hydrogens (tertiary/aromatic N) is 2. The largest absolute Gasteiger partial charge is 0.502 e. The normalized spacial score (nSPS) is 13.1. The van der Waals surface area contributed by atoms with Crippen molar-refractivity contribution < 1.29 is 17.9 Å². The molecule has 0 aliphatic carbocycles. The van der Waals surface area contributed by atoms with Crippen molar-refractivity contribution >= 4 is 41.1 Å². The molecular weight excluding hydrogens is 689 g/mol. The molecule has 0 unspecified atom stereocenters. The van der Waals surface area contributed by atoms with Crippen LogP contribution in [0.5, 0.6) is 0 Å². The zero-order valence-electron chi connectivity index (χ0n) is 27.6. The van der Waals surface area contributed by atoms with E-state index in [2.05, 4.69) is 114 Å². The van der Waals surface area contributed by atoms with Crippen LogP contribution in [0.15, 0.2) is 66.7 Å². The summed E-state index contributed by atoms with van der Waals surface area (Å²) in [7, 11) is 11.9. The molecule has 0 radical (unpaired) electrons. The molecule has 5 rings (SSSR count). The maximum Gasteiger partial charge on any atom is 0.0146 e. The van der Waals surface area contributed by atoms with Gasteiger partial charge in [0.15, 0.2) is 0 Å². The van der Waals surface area contributed by atoms with Crippen molar-refractivity contribution in [3.8, 4) is 0 Å². The number of para-hydroxylation sites is 1. The molecule has 4 aromatic carbocycles. The molecule has 1 N–H and O–H groups in total. The van der Waals surface area contributed by atoms with Gasteiger partial charge in [0, 0.05) is 24.5 Å². The summed E-state index contributed by atoms with van der Waals surface area (Å²) in [4.78, 5) is 4.81. The molecule has 242 valence electrons. The van der Waals surface area contributed by atoms with Crippen LogP contribution in [0, 0.1) is 54.0 Å². The Bertz CT molecular complexity index is 1570. The molecule has 1 saturated heterocycles. The van der Waals surface area contributed by atoms with Crippen molar-refractivity contribution in [1.82, 2.24) is 0 Å². The Hall–Kier alpha value is -2.72. The number of rotatable bonds is 7. The molecule has 1 aliphatic rings. The van der Waals surface area contributed by atoms with Crippen molar-refractivity contribution in [2.45, 2.75) is 67.9 Å². The predicted molar refractivity (Wildman–Crippen MR) is 191 cm³/mol. The maximum atomic E-state index is 13.4. The zero-order chi connectivity index (χ0) is 32.8. The molecule has 7 heteroatoms. The van der Waals surface area contributed by atoms with E-state index in [1.165, 1.54) is 62.5 Å². The smallest absolute Gasteiger partial charge is 0.0146 e. The first-order chi connectivity index (χ1) is 21.3. The Morgan fingerprint density at radius 2 is 1.31 bits per heavy atom. The van der Waals surface area contributed by atoms with E-state index in [0.717, 1.165) is 29.9 Å². The second-order valence-electron chi connectivity index (χ2n) is 12.2. The molecule has 1 fully saturated rings. The van der Waals surface area contributed by atoms with Crippen molar-refractivity contribution in [3.05, 3.63) is 129 Å². The van der Waals surface area contributed by atoms with Crippen LogP contribution in [0.1, 0.15) is 69.8 Å². The van der Waals surface area contributed by atoms with Gasteiger partial charge in [-0.1, -0.05) is 35.4 Å². The van der Waals surface area contributed by atoms with Gasteiger partial charge in [-0.05, 0) is 63.8 Å². The van der Waals surface area contributed by atoms with Gasteiger partial charge in [-0.15, -0.1) is 0 Å². The van der Waals surface area contributed by atoms with Gasteiger partial charge < -0.3 is 9.80 Å². The zero-order valence-corrected chi connectivity index (χ0v) is 30.8. The fourth-order valence-corrected chi connectivity index (χ4v) is 8.21. The van der Waals surface area contributed by atoms with E-state index in [1.807, 2.05) is 12.1 Å². The maximum absolute atomic E-state index is 13.4. The van der Waals surface area contributed by atoms with E-state index in [-0.39, 0.29) is 5.82 Å². The van der Waals surface area contributed by atoms with Crippen LogP contribution in [0.25, 0.3) is 0 Å². The minimum Gasteiger partial charge on any atom is -0.502 e. The Balaban J connectivity index is 0.000000205. The minimum absolute atomic E-state index is 0.277. The van der Waals surface area contributed by atoms with Gasteiger partial charge in [0.2, 0.25) is 0 Å². The van der Waals surface area contributed by atoms with Gasteiger partial charge in [0.25, 0.3) is 0 Å². The molecule has 0 bridgehead atoms. The molecule has 1 heterocycles. The number of aryl methyl sites for hydroxylation is 6. The number of hydrogen-bond acceptors (Lipinski definition) is 3. The average Bonchev–Trinajstić information content (AvgIpc) is 3.40. The average molecular weight is 735 g/mol. The first kappa shape index (κ1) is 35.1. The molecule has 45 heavy (non-hydrogen) atoms. The summed E-state index contributed by atoms with van der Waals surface area (Å²) < 4.78 is 15.2. The summed E-state index contributed by atoms with van der Waals surface area (Å²) in [5.74, 6) is 0.159. The van der Waals surface area contributed by atoms with Crippen LogP contribution in [0.4, 0.5) is 21.5 Å². The summed E-state index contributed by atoms with van der Waals surface area (Å²) in [5.41, 5.74) is 15.0. The van der Waals surface area contributed by atoms with Crippen LogP contribution in [-0.4, -0.2) is 17.7 Å². The van der Waals surface area contributed by atoms with Crippen LogP contribution in [0.2, 0.25) is 0 Å². The first-order valence-electron chi connectivity index (χ1n) is 15.3. The standard InChI is InChI=1S/C21H27N2.C17H18FN.2ClH.Ru/c1-14-9-16(3)20(17(4)10-14)22-7-8-23(13-22)21-18(5)11-15(2)12-19(21)6;1-12(2)16-6-4-5-7-17(16)19-11-14-8-9-15(18)10-13(14)3;;;/h9-13H,7-8H2,1-6H3;3-10,12,19H,11H2,1-2H3;2*1H;/q-1;;;;+2/p-2. The van der Waals surface area contributed by atoms with Crippen LogP contribution in [-0.2, 0) is 20.1 Å². The summed E-state index contributed by atoms with van der Waals surface area (Å²) >= 11 is -1.99. The Labute approximate surface area is 282 Å². The van der Waals surface area contributed by atoms with Crippen molar-refractivity contribution in [1.29, 1.82) is 0 Å². The predicted octanol–water partition coefficient (Wildman–Crippen LogP) is 10.6. The van der Waals surface area contributed by atoms with Crippen molar-refractivity contribution in [2.75, 3.05) is 28.2 Å². The third-order valence-corrected chi connectivity index (χ3v) is 9.89. The number of anilines is 3. The van der Waals surface area contributed by atoms with Gasteiger partial charge in [0.05, 0.1) is 0 Å². The van der Waals surface area contributed by atoms with Gasteiger partial charge >= 0.3 is 144 Å². The fraction of sp³-hybridized carbons (Fsp3) is 0.316. The second-order valence-corrected chi connectivity index (χ2v) is 18.0. The summed E-state index contributed by atoms with van der Waals surface area (Å²) in [5, 5.41) is 3.43. The molecule has 4 aromatic rings. The Morgan fingerprint density at radius 1 is 0.800 bits per heavy atom. The third-order valence-electron chi connectivity index (χ3n) is 8.05. The number of benzene rings is 4. The van der Waals surface area contributed by atoms with Crippen molar-refractivity contribution in [3.63, 3.8) is 0 Å². The van der Waals surface area contributed by atoms with E-state index in [9.17, 15) is 4.39 Å². The molecule has 0 saturated carbocycles. The SMILES string of the molecule is CC(C)c1ccccc1NCc1ccc(F)cc1[CH]=[Ru]([Cl])[Cl].Cc1cc(C)c(N2[CH-]N(c3c(C)cc(C)cc3C)CC2)c(C)c1. The summed E-state index contributed by atoms with van der Waals surface area (Å²) in [6, 6.07) is 22.1. The van der Waals surface area contributed by atoms with Crippen molar-refractivity contribution in [2.24, 2.45) is 0 Å². The fourth-order valence-electron chi connectivity index (χ4n) is 6.35. The molecule has 0 atom stereocenters. The van der Waals surface area contributed by atoms with E-state index in [4.69, 9.17) is 19.4 Å². The van der Waals surface area contributed by atoms with Gasteiger partial charge in [-0.3, -0.25) is 0 Å². The monoisotopic (exact) mass is 734 g/mol. The molecule has 3 nitrogen and oxygen atoms in total. The number of halogens is 3. The van der Waals surface area contributed by atoms with E-state index >= 15 is 0 Å². The quantitative estimate of drug-likeness (QED) is 0.151. The number of hydrogen-bond donors (Lipinski definition) is 1. The van der Waals surface area contributed by atoms with E-state index < -0.39 is 13.5 Å². The molecule has 1 aliphatic heterocycles. The molecule has 0 spiro atoms. The molecular formula is C38H45Cl2FN3Ru-. The molecule has 0 amide bonds. The second kappa shape index (κ2) is 15.7. The van der Waals surface area contributed by atoms with Gasteiger partial charge in [-0.2, -0.15) is 6.67 Å². The summed E-state index contributed by atoms with van der Waals surface area (Å²) in [6.07, 6.45) is 0. The van der Waals surface area contributed by atoms with Crippen LogP contribution < -0.4 is 15.1 Å². The van der Waals surface area contributed by atoms with Gasteiger partial charge in [0.1, 0.15) is 0 Å². The number of nitrogens with one attached hydrogen (secondary N) is 1. The first-order valence-corrected chi connectivity index (χ1v) is 20.8. The Morgan fingerprint density at radius 3 is 1.80 bits per heavy atom. The summed E-state index contributed by atoms with van der Waals surface area (Å²) in [6.45, 7) is 22.5. The van der Waals surface area contributed by atoms with Crippen LogP contribution >= 0.6 is 19.4 Å².